The number of methoxy groups -OCH3 is 1. The number of imide groups is 1. The van der Waals surface area contributed by atoms with Gasteiger partial charge in [0.05, 0.1) is 12.0 Å². The summed E-state index contributed by atoms with van der Waals surface area (Å²) < 4.78 is 19.0. The van der Waals surface area contributed by atoms with Crippen molar-refractivity contribution in [2.24, 2.45) is 0 Å². The number of para-hydroxylation sites is 1. The molecule has 2 aromatic carbocycles. The van der Waals surface area contributed by atoms with Gasteiger partial charge >= 0.3 is 0 Å². The highest BCUT2D eigenvalue weighted by atomic mass is 32.2. The quantitative estimate of drug-likeness (QED) is 0.650. The molecular weight excluding hydrogens is 407 g/mol. The van der Waals surface area contributed by atoms with Crippen LogP contribution in [0.3, 0.4) is 0 Å². The standard InChI is InChI=1S/C22H21FN2O4S/c1-29-18-9-5-3-6-15(18)10-11-20(26)24-12-13-25-21(27)19(30-22(25)28)14-16-7-2-4-8-17(16)23/h2-9,14H,10-13H2,1H3,(H,24,26)/b19-14-. The largest absolute Gasteiger partial charge is 0.496 e. The summed E-state index contributed by atoms with van der Waals surface area (Å²) in [6.07, 6.45) is 2.14. The number of thioether (sulfide) groups is 1. The van der Waals surface area contributed by atoms with Crippen LogP contribution >= 0.6 is 11.8 Å². The van der Waals surface area contributed by atoms with Gasteiger partial charge in [0.1, 0.15) is 11.6 Å². The summed E-state index contributed by atoms with van der Waals surface area (Å²) in [4.78, 5) is 37.9. The molecule has 0 unspecified atom stereocenters. The van der Waals surface area contributed by atoms with Crippen LogP contribution in [-0.4, -0.2) is 42.2 Å². The predicted molar refractivity (Wildman–Crippen MR) is 113 cm³/mol. The number of nitrogens with one attached hydrogen (secondary N) is 1. The molecular formula is C22H21FN2O4S. The first-order valence-electron chi connectivity index (χ1n) is 9.38. The molecule has 8 heteroatoms. The lowest BCUT2D eigenvalue weighted by Gasteiger charge is -2.13. The van der Waals surface area contributed by atoms with Crippen molar-refractivity contribution in [3.8, 4) is 5.75 Å². The number of benzene rings is 2. The van der Waals surface area contributed by atoms with Gasteiger partial charge in [-0.2, -0.15) is 0 Å². The number of hydrogen-bond acceptors (Lipinski definition) is 5. The minimum atomic E-state index is -0.489. The van der Waals surface area contributed by atoms with Gasteiger partial charge in [-0.3, -0.25) is 19.3 Å². The Morgan fingerprint density at radius 3 is 2.67 bits per heavy atom. The minimum Gasteiger partial charge on any atom is -0.496 e. The van der Waals surface area contributed by atoms with Gasteiger partial charge < -0.3 is 10.1 Å². The fourth-order valence-corrected chi connectivity index (χ4v) is 3.84. The minimum absolute atomic E-state index is 0.0552. The zero-order chi connectivity index (χ0) is 21.5. The van der Waals surface area contributed by atoms with Gasteiger partial charge in [0.25, 0.3) is 11.1 Å². The topological polar surface area (TPSA) is 75.7 Å². The number of nitrogens with zero attached hydrogens (tertiary/aromatic N) is 1. The van der Waals surface area contributed by atoms with Crippen molar-refractivity contribution in [1.82, 2.24) is 10.2 Å². The molecule has 0 spiro atoms. The maximum atomic E-state index is 13.8. The van der Waals surface area contributed by atoms with E-state index in [9.17, 15) is 18.8 Å². The van der Waals surface area contributed by atoms with Crippen LogP contribution in [0.1, 0.15) is 17.5 Å². The van der Waals surface area contributed by atoms with Gasteiger partial charge in [-0.05, 0) is 42.0 Å². The van der Waals surface area contributed by atoms with Gasteiger partial charge in [-0.15, -0.1) is 0 Å². The summed E-state index contributed by atoms with van der Waals surface area (Å²) in [5.74, 6) is -0.414. The maximum absolute atomic E-state index is 13.8. The Morgan fingerprint density at radius 1 is 1.17 bits per heavy atom. The number of rotatable bonds is 8. The molecule has 1 N–H and O–H groups in total. The molecule has 0 radical (unpaired) electrons. The maximum Gasteiger partial charge on any atom is 0.293 e. The molecule has 2 aromatic rings. The highest BCUT2D eigenvalue weighted by molar-refractivity contribution is 8.18. The number of halogens is 1. The van der Waals surface area contributed by atoms with E-state index >= 15 is 0 Å². The fraction of sp³-hybridized carbons (Fsp3) is 0.227. The summed E-state index contributed by atoms with van der Waals surface area (Å²) in [5.41, 5.74) is 1.17. The second-order valence-corrected chi connectivity index (χ2v) is 7.51. The van der Waals surface area contributed by atoms with E-state index in [1.165, 1.54) is 18.2 Å². The van der Waals surface area contributed by atoms with E-state index in [4.69, 9.17) is 4.74 Å². The molecule has 3 rings (SSSR count). The van der Waals surface area contributed by atoms with Crippen molar-refractivity contribution >= 4 is 34.9 Å². The number of amides is 3. The number of ether oxygens (including phenoxy) is 1. The number of carbonyl (C=O) groups excluding carboxylic acids is 3. The lowest BCUT2D eigenvalue weighted by molar-refractivity contribution is -0.124. The lowest BCUT2D eigenvalue weighted by atomic mass is 10.1. The van der Waals surface area contributed by atoms with Crippen molar-refractivity contribution in [2.45, 2.75) is 12.8 Å². The molecule has 0 aromatic heterocycles. The molecule has 1 heterocycles. The fourth-order valence-electron chi connectivity index (χ4n) is 2.98. The zero-order valence-corrected chi connectivity index (χ0v) is 17.2. The van der Waals surface area contributed by atoms with Crippen molar-refractivity contribution in [3.63, 3.8) is 0 Å². The summed E-state index contributed by atoms with van der Waals surface area (Å²) in [6, 6.07) is 13.5. The first-order chi connectivity index (χ1) is 14.5. The van der Waals surface area contributed by atoms with Crippen LogP contribution in [0.2, 0.25) is 0 Å². The third kappa shape index (κ3) is 5.27. The van der Waals surface area contributed by atoms with E-state index in [-0.39, 0.29) is 35.9 Å². The van der Waals surface area contributed by atoms with E-state index in [1.807, 2.05) is 24.3 Å². The lowest BCUT2D eigenvalue weighted by Crippen LogP contribution is -2.37. The Hall–Kier alpha value is -3.13. The highest BCUT2D eigenvalue weighted by Crippen LogP contribution is 2.32. The summed E-state index contributed by atoms with van der Waals surface area (Å²) in [7, 11) is 1.58. The van der Waals surface area contributed by atoms with Crippen molar-refractivity contribution in [2.75, 3.05) is 20.2 Å². The first kappa shape index (κ1) is 21.6. The third-order valence-corrected chi connectivity index (χ3v) is 5.44. The first-order valence-corrected chi connectivity index (χ1v) is 10.2. The van der Waals surface area contributed by atoms with Gasteiger partial charge in [0.15, 0.2) is 0 Å². The van der Waals surface area contributed by atoms with Crippen LogP contribution in [0.25, 0.3) is 6.08 Å². The van der Waals surface area contributed by atoms with E-state index < -0.39 is 17.0 Å². The Kier molecular flexibility index (Phi) is 7.24. The van der Waals surface area contributed by atoms with Crippen LogP contribution in [0, 0.1) is 5.82 Å². The monoisotopic (exact) mass is 428 g/mol. The molecule has 1 fully saturated rings. The molecule has 30 heavy (non-hydrogen) atoms. The average molecular weight is 428 g/mol. The third-order valence-electron chi connectivity index (χ3n) is 4.54. The predicted octanol–water partition coefficient (Wildman–Crippen LogP) is 3.62. The van der Waals surface area contributed by atoms with Crippen LogP contribution in [0.15, 0.2) is 53.4 Å². The molecule has 156 valence electrons. The van der Waals surface area contributed by atoms with Gasteiger partial charge in [0.2, 0.25) is 5.91 Å². The van der Waals surface area contributed by atoms with E-state index in [1.54, 1.807) is 19.2 Å². The molecule has 1 aliphatic rings. The molecule has 0 bridgehead atoms. The zero-order valence-electron chi connectivity index (χ0n) is 16.4. The van der Waals surface area contributed by atoms with Gasteiger partial charge in [0, 0.05) is 25.1 Å². The molecule has 1 aliphatic heterocycles. The van der Waals surface area contributed by atoms with Crippen molar-refractivity contribution in [1.29, 1.82) is 0 Å². The number of aryl methyl sites for hydroxylation is 1. The van der Waals surface area contributed by atoms with Crippen LogP contribution in [-0.2, 0) is 16.0 Å². The molecule has 0 atom stereocenters. The molecule has 1 saturated heterocycles. The highest BCUT2D eigenvalue weighted by Gasteiger charge is 2.34. The SMILES string of the molecule is COc1ccccc1CCC(=O)NCCN1C(=O)S/C(=C\c2ccccc2F)C1=O. The van der Waals surface area contributed by atoms with Crippen LogP contribution in [0.5, 0.6) is 5.75 Å². The van der Waals surface area contributed by atoms with Gasteiger partial charge in [-0.25, -0.2) is 4.39 Å². The number of carbonyl (C=O) groups is 3. The second-order valence-electron chi connectivity index (χ2n) is 6.52. The summed E-state index contributed by atoms with van der Waals surface area (Å²) >= 11 is 0.761. The average Bonchev–Trinajstić information content (AvgIpc) is 3.01. The Bertz CT molecular complexity index is 993. The summed E-state index contributed by atoms with van der Waals surface area (Å²) in [6.45, 7) is 0.204. The normalized spacial score (nSPS) is 15.0. The summed E-state index contributed by atoms with van der Waals surface area (Å²) in [5, 5.41) is 2.28. The second kappa shape index (κ2) is 10.1. The molecule has 0 aliphatic carbocycles. The van der Waals surface area contributed by atoms with Gasteiger partial charge in [-0.1, -0.05) is 36.4 Å². The van der Waals surface area contributed by atoms with E-state index in [0.717, 1.165) is 28.0 Å². The molecule has 3 amide bonds. The smallest absolute Gasteiger partial charge is 0.293 e. The van der Waals surface area contributed by atoms with Crippen molar-refractivity contribution < 1.29 is 23.5 Å². The molecule has 6 nitrogen and oxygen atoms in total. The number of hydrogen-bond donors (Lipinski definition) is 1. The van der Waals surface area contributed by atoms with E-state index in [0.29, 0.717) is 6.42 Å². The van der Waals surface area contributed by atoms with E-state index in [2.05, 4.69) is 5.32 Å². The Labute approximate surface area is 178 Å². The van der Waals surface area contributed by atoms with Crippen LogP contribution < -0.4 is 10.1 Å². The van der Waals surface area contributed by atoms with Crippen LogP contribution in [0.4, 0.5) is 9.18 Å². The Balaban J connectivity index is 1.50. The molecule has 0 saturated carbocycles. The van der Waals surface area contributed by atoms with Crippen molar-refractivity contribution in [3.05, 3.63) is 70.4 Å². The Morgan fingerprint density at radius 2 is 1.90 bits per heavy atom.